The molecular formula is C14H17ClN2O2. The van der Waals surface area contributed by atoms with Gasteiger partial charge < -0.3 is 10.2 Å². The van der Waals surface area contributed by atoms with E-state index < -0.39 is 6.04 Å². The summed E-state index contributed by atoms with van der Waals surface area (Å²) in [5.41, 5.74) is 0.325. The van der Waals surface area contributed by atoms with E-state index in [-0.39, 0.29) is 23.8 Å². The zero-order valence-corrected chi connectivity index (χ0v) is 12.0. The summed E-state index contributed by atoms with van der Waals surface area (Å²) in [5.74, 6) is -0.256. The van der Waals surface area contributed by atoms with Crippen molar-refractivity contribution in [3.63, 3.8) is 0 Å². The average molecular weight is 281 g/mol. The van der Waals surface area contributed by atoms with Crippen molar-refractivity contribution in [2.24, 2.45) is 5.41 Å². The zero-order chi connectivity index (χ0) is 14.2. The molecule has 1 N–H and O–H groups in total. The molecule has 2 rings (SSSR count). The second-order valence-corrected chi connectivity index (χ2v) is 6.21. The molecule has 4 nitrogen and oxygen atoms in total. The number of nitrogens with one attached hydrogen (secondary N) is 1. The highest BCUT2D eigenvalue weighted by Crippen LogP contribution is 2.27. The van der Waals surface area contributed by atoms with Crippen molar-refractivity contribution in [2.45, 2.75) is 26.8 Å². The van der Waals surface area contributed by atoms with Gasteiger partial charge in [-0.15, -0.1) is 0 Å². The maximum absolute atomic E-state index is 12.5. The molecule has 1 aromatic carbocycles. The van der Waals surface area contributed by atoms with Crippen LogP contribution in [0, 0.1) is 5.41 Å². The lowest BCUT2D eigenvalue weighted by Gasteiger charge is -2.38. The molecule has 0 aromatic heterocycles. The largest absolute Gasteiger partial charge is 0.342 e. The van der Waals surface area contributed by atoms with E-state index in [0.717, 1.165) is 0 Å². The molecule has 0 aliphatic carbocycles. The van der Waals surface area contributed by atoms with E-state index in [0.29, 0.717) is 10.7 Å². The number of hydrogen-bond donors (Lipinski definition) is 1. The van der Waals surface area contributed by atoms with E-state index in [1.807, 2.05) is 20.8 Å². The number of carbonyl (C=O) groups is 2. The number of amides is 2. The SMILES string of the molecule is CC(C)(C)C1NC(=O)CN(c2cccc(Cl)c2)C1=O. The summed E-state index contributed by atoms with van der Waals surface area (Å²) in [6.45, 7) is 5.82. The third kappa shape index (κ3) is 2.89. The third-order valence-corrected chi connectivity index (χ3v) is 3.34. The number of hydrogen-bond acceptors (Lipinski definition) is 2. The fourth-order valence-electron chi connectivity index (χ4n) is 2.10. The van der Waals surface area contributed by atoms with Crippen molar-refractivity contribution in [1.29, 1.82) is 0 Å². The molecule has 0 bridgehead atoms. The van der Waals surface area contributed by atoms with Crippen LogP contribution in [0.5, 0.6) is 0 Å². The van der Waals surface area contributed by atoms with Crippen molar-refractivity contribution in [3.05, 3.63) is 29.3 Å². The van der Waals surface area contributed by atoms with Crippen molar-refractivity contribution >= 4 is 29.1 Å². The van der Waals surface area contributed by atoms with Gasteiger partial charge in [0.15, 0.2) is 0 Å². The predicted molar refractivity (Wildman–Crippen MR) is 75.2 cm³/mol. The van der Waals surface area contributed by atoms with Gasteiger partial charge in [-0.05, 0) is 23.6 Å². The Morgan fingerprint density at radius 1 is 1.32 bits per heavy atom. The van der Waals surface area contributed by atoms with Gasteiger partial charge in [-0.1, -0.05) is 38.4 Å². The van der Waals surface area contributed by atoms with Gasteiger partial charge in [0, 0.05) is 10.7 Å². The Hall–Kier alpha value is -1.55. The van der Waals surface area contributed by atoms with Crippen molar-refractivity contribution in [2.75, 3.05) is 11.4 Å². The van der Waals surface area contributed by atoms with Crippen LogP contribution in [-0.4, -0.2) is 24.4 Å². The molecule has 1 aliphatic heterocycles. The quantitative estimate of drug-likeness (QED) is 0.857. The molecule has 5 heteroatoms. The number of benzene rings is 1. The summed E-state index contributed by atoms with van der Waals surface area (Å²) in [5, 5.41) is 3.30. The Morgan fingerprint density at radius 2 is 2.00 bits per heavy atom. The van der Waals surface area contributed by atoms with Gasteiger partial charge in [0.05, 0.1) is 0 Å². The summed E-state index contributed by atoms with van der Waals surface area (Å²) < 4.78 is 0. The van der Waals surface area contributed by atoms with E-state index in [1.54, 1.807) is 24.3 Å². The molecule has 102 valence electrons. The van der Waals surface area contributed by atoms with Crippen LogP contribution in [0.2, 0.25) is 5.02 Å². The summed E-state index contributed by atoms with van der Waals surface area (Å²) in [7, 11) is 0. The molecule has 1 aliphatic rings. The number of rotatable bonds is 1. The highest BCUT2D eigenvalue weighted by atomic mass is 35.5. The zero-order valence-electron chi connectivity index (χ0n) is 11.2. The number of anilines is 1. The minimum Gasteiger partial charge on any atom is -0.342 e. The van der Waals surface area contributed by atoms with Gasteiger partial charge in [-0.2, -0.15) is 0 Å². The highest BCUT2D eigenvalue weighted by molar-refractivity contribution is 6.31. The Kier molecular flexibility index (Phi) is 3.54. The monoisotopic (exact) mass is 280 g/mol. The second-order valence-electron chi connectivity index (χ2n) is 5.77. The first-order chi connectivity index (χ1) is 8.79. The van der Waals surface area contributed by atoms with Crippen LogP contribution in [-0.2, 0) is 9.59 Å². The fraction of sp³-hybridized carbons (Fsp3) is 0.429. The minimum atomic E-state index is -0.521. The second kappa shape index (κ2) is 4.85. The van der Waals surface area contributed by atoms with Crippen LogP contribution in [0.25, 0.3) is 0 Å². The van der Waals surface area contributed by atoms with E-state index in [4.69, 9.17) is 11.6 Å². The van der Waals surface area contributed by atoms with Crippen LogP contribution in [0.1, 0.15) is 20.8 Å². The van der Waals surface area contributed by atoms with E-state index in [2.05, 4.69) is 5.32 Å². The maximum Gasteiger partial charge on any atom is 0.250 e. The summed E-state index contributed by atoms with van der Waals surface area (Å²) >= 11 is 5.94. The Bertz CT molecular complexity index is 522. The van der Waals surface area contributed by atoms with Gasteiger partial charge in [0.2, 0.25) is 5.91 Å². The van der Waals surface area contributed by atoms with Crippen LogP contribution >= 0.6 is 11.6 Å². The summed E-state index contributed by atoms with van der Waals surface area (Å²) in [6.07, 6.45) is 0. The van der Waals surface area contributed by atoms with Crippen LogP contribution < -0.4 is 10.2 Å². The molecule has 2 amide bonds. The Morgan fingerprint density at radius 3 is 2.58 bits per heavy atom. The van der Waals surface area contributed by atoms with Crippen LogP contribution in [0.15, 0.2) is 24.3 Å². The van der Waals surface area contributed by atoms with E-state index in [1.165, 1.54) is 4.90 Å². The van der Waals surface area contributed by atoms with Crippen molar-refractivity contribution in [1.82, 2.24) is 5.32 Å². The summed E-state index contributed by atoms with van der Waals surface area (Å²) in [4.78, 5) is 25.8. The first-order valence-electron chi connectivity index (χ1n) is 6.15. The lowest BCUT2D eigenvalue weighted by molar-refractivity contribution is -0.133. The standard InChI is InChI=1S/C14H17ClN2O2/c1-14(2,3)12-13(19)17(8-11(18)16-12)10-6-4-5-9(15)7-10/h4-7,12H,8H2,1-3H3,(H,16,18). The Labute approximate surface area is 117 Å². The molecule has 1 unspecified atom stereocenters. The van der Waals surface area contributed by atoms with E-state index >= 15 is 0 Å². The van der Waals surface area contributed by atoms with Gasteiger partial charge in [0.25, 0.3) is 5.91 Å². The summed E-state index contributed by atoms with van der Waals surface area (Å²) in [6, 6.07) is 6.46. The first kappa shape index (κ1) is 13.9. The number of piperazine rings is 1. The van der Waals surface area contributed by atoms with Gasteiger partial charge in [-0.25, -0.2) is 0 Å². The van der Waals surface area contributed by atoms with Crippen LogP contribution in [0.4, 0.5) is 5.69 Å². The molecule has 1 aromatic rings. The molecular weight excluding hydrogens is 264 g/mol. The molecule has 19 heavy (non-hydrogen) atoms. The molecule has 1 fully saturated rings. The van der Waals surface area contributed by atoms with Crippen molar-refractivity contribution in [3.8, 4) is 0 Å². The van der Waals surface area contributed by atoms with E-state index in [9.17, 15) is 9.59 Å². The predicted octanol–water partition coefficient (Wildman–Crippen LogP) is 2.22. The van der Waals surface area contributed by atoms with Gasteiger partial charge >= 0.3 is 0 Å². The van der Waals surface area contributed by atoms with Crippen molar-refractivity contribution < 1.29 is 9.59 Å². The normalized spacial score (nSPS) is 20.4. The molecule has 0 spiro atoms. The first-order valence-corrected chi connectivity index (χ1v) is 6.53. The minimum absolute atomic E-state index is 0.0335. The number of halogens is 1. The molecule has 1 atom stereocenters. The highest BCUT2D eigenvalue weighted by Gasteiger charge is 2.40. The van der Waals surface area contributed by atoms with Crippen LogP contribution in [0.3, 0.4) is 0 Å². The fourth-order valence-corrected chi connectivity index (χ4v) is 2.28. The molecule has 0 saturated carbocycles. The molecule has 0 radical (unpaired) electrons. The van der Waals surface area contributed by atoms with Gasteiger partial charge in [0.1, 0.15) is 12.6 Å². The third-order valence-electron chi connectivity index (χ3n) is 3.11. The topological polar surface area (TPSA) is 49.4 Å². The lowest BCUT2D eigenvalue weighted by Crippen LogP contribution is -2.62. The average Bonchev–Trinajstić information content (AvgIpc) is 2.30. The van der Waals surface area contributed by atoms with Gasteiger partial charge in [-0.3, -0.25) is 9.59 Å². The maximum atomic E-state index is 12.5. The Balaban J connectivity index is 2.35. The smallest absolute Gasteiger partial charge is 0.250 e. The lowest BCUT2D eigenvalue weighted by atomic mass is 9.84. The molecule has 1 saturated heterocycles. The number of nitrogens with zero attached hydrogens (tertiary/aromatic N) is 1. The molecule has 1 heterocycles. The number of carbonyl (C=O) groups excluding carboxylic acids is 2.